The fourth-order valence-electron chi connectivity index (χ4n) is 1.46. The normalized spacial score (nSPS) is 12.7. The van der Waals surface area contributed by atoms with Crippen molar-refractivity contribution in [3.63, 3.8) is 0 Å². The first-order valence-electron chi connectivity index (χ1n) is 6.28. The number of methoxy groups -OCH3 is 1. The maximum atomic E-state index is 11.7. The maximum Gasteiger partial charge on any atom is 0.243 e. The monoisotopic (exact) mass is 316 g/mol. The predicted octanol–water partition coefficient (Wildman–Crippen LogP) is 0.0222. The summed E-state index contributed by atoms with van der Waals surface area (Å²) in [5.74, 6) is 0.0318. The summed E-state index contributed by atoms with van der Waals surface area (Å²) in [6.45, 7) is 0.176. The standard InChI is InChI=1S/C13H20N2O5S/c1-19-9-12(14)13(16)15-10-4-3-5-11(8-10)20-6-7-21(2,17)18/h3-5,8,12H,6-7,9,14H2,1-2H3,(H,15,16). The zero-order valence-electron chi connectivity index (χ0n) is 12.0. The average Bonchev–Trinajstić information content (AvgIpc) is 2.38. The lowest BCUT2D eigenvalue weighted by Crippen LogP contribution is -2.39. The summed E-state index contributed by atoms with van der Waals surface area (Å²) in [5, 5.41) is 2.63. The van der Waals surface area contributed by atoms with Gasteiger partial charge in [0.1, 0.15) is 18.4 Å². The number of carbonyl (C=O) groups excluding carboxylic acids is 1. The largest absolute Gasteiger partial charge is 0.492 e. The molecule has 1 aromatic carbocycles. The van der Waals surface area contributed by atoms with Crippen molar-refractivity contribution in [2.24, 2.45) is 5.73 Å². The van der Waals surface area contributed by atoms with Crippen molar-refractivity contribution in [2.45, 2.75) is 6.04 Å². The molecular weight excluding hydrogens is 296 g/mol. The minimum Gasteiger partial charge on any atom is -0.492 e. The molecule has 118 valence electrons. The van der Waals surface area contributed by atoms with Crippen LogP contribution in [0.2, 0.25) is 0 Å². The number of rotatable bonds is 8. The van der Waals surface area contributed by atoms with Gasteiger partial charge in [-0.1, -0.05) is 6.07 Å². The molecule has 0 radical (unpaired) electrons. The first-order chi connectivity index (χ1) is 9.81. The van der Waals surface area contributed by atoms with Gasteiger partial charge in [-0.25, -0.2) is 8.42 Å². The van der Waals surface area contributed by atoms with E-state index in [0.29, 0.717) is 11.4 Å². The smallest absolute Gasteiger partial charge is 0.243 e. The minimum atomic E-state index is -3.07. The molecule has 0 heterocycles. The van der Waals surface area contributed by atoms with Gasteiger partial charge in [-0.15, -0.1) is 0 Å². The first kappa shape index (κ1) is 17.4. The van der Waals surface area contributed by atoms with Crippen LogP contribution in [0.5, 0.6) is 5.75 Å². The highest BCUT2D eigenvalue weighted by Crippen LogP contribution is 2.17. The molecule has 0 aliphatic heterocycles. The minimum absolute atomic E-state index is 0.0550. The Labute approximate surface area is 124 Å². The number of hydrogen-bond acceptors (Lipinski definition) is 6. The van der Waals surface area contributed by atoms with E-state index in [1.54, 1.807) is 24.3 Å². The predicted molar refractivity (Wildman–Crippen MR) is 80.1 cm³/mol. The zero-order valence-corrected chi connectivity index (χ0v) is 12.9. The van der Waals surface area contributed by atoms with Crippen LogP contribution in [-0.4, -0.2) is 52.7 Å². The number of nitrogens with two attached hydrogens (primary N) is 1. The van der Waals surface area contributed by atoms with Gasteiger partial charge in [0, 0.05) is 25.1 Å². The number of nitrogens with one attached hydrogen (secondary N) is 1. The molecule has 0 spiro atoms. The molecule has 0 aromatic heterocycles. The molecule has 0 aliphatic rings. The number of benzene rings is 1. The van der Waals surface area contributed by atoms with E-state index in [2.05, 4.69) is 5.32 Å². The van der Waals surface area contributed by atoms with Gasteiger partial charge in [0.2, 0.25) is 5.91 Å². The number of amides is 1. The van der Waals surface area contributed by atoms with Crippen LogP contribution in [0.4, 0.5) is 5.69 Å². The lowest BCUT2D eigenvalue weighted by Gasteiger charge is -2.12. The molecule has 1 rings (SSSR count). The first-order valence-corrected chi connectivity index (χ1v) is 8.34. The Balaban J connectivity index is 2.58. The molecule has 7 nitrogen and oxygen atoms in total. The second kappa shape index (κ2) is 7.96. The summed E-state index contributed by atoms with van der Waals surface area (Å²) in [4.78, 5) is 11.7. The fraction of sp³-hybridized carbons (Fsp3) is 0.462. The summed E-state index contributed by atoms with van der Waals surface area (Å²) < 4.78 is 32.1. The molecule has 1 atom stereocenters. The molecule has 1 amide bonds. The Morgan fingerprint density at radius 3 is 2.76 bits per heavy atom. The molecule has 1 unspecified atom stereocenters. The Hall–Kier alpha value is -1.64. The SMILES string of the molecule is COCC(N)C(=O)Nc1cccc(OCCS(C)(=O)=O)c1. The molecule has 0 aliphatic carbocycles. The Morgan fingerprint density at radius 2 is 2.14 bits per heavy atom. The molecule has 8 heteroatoms. The maximum absolute atomic E-state index is 11.7. The lowest BCUT2D eigenvalue weighted by molar-refractivity contribution is -0.118. The van der Waals surface area contributed by atoms with E-state index in [-0.39, 0.29) is 24.9 Å². The van der Waals surface area contributed by atoms with Crippen molar-refractivity contribution in [1.82, 2.24) is 0 Å². The van der Waals surface area contributed by atoms with Crippen molar-refractivity contribution in [3.05, 3.63) is 24.3 Å². The van der Waals surface area contributed by atoms with Crippen LogP contribution in [0.25, 0.3) is 0 Å². The van der Waals surface area contributed by atoms with E-state index in [9.17, 15) is 13.2 Å². The molecule has 0 saturated heterocycles. The second-order valence-electron chi connectivity index (χ2n) is 4.56. The van der Waals surface area contributed by atoms with Crippen molar-refractivity contribution >= 4 is 21.4 Å². The highest BCUT2D eigenvalue weighted by atomic mass is 32.2. The summed E-state index contributed by atoms with van der Waals surface area (Å²) in [7, 11) is -1.60. The van der Waals surface area contributed by atoms with E-state index >= 15 is 0 Å². The Morgan fingerprint density at radius 1 is 1.43 bits per heavy atom. The number of carbonyl (C=O) groups is 1. The van der Waals surface area contributed by atoms with Crippen LogP contribution in [0.3, 0.4) is 0 Å². The third-order valence-electron chi connectivity index (χ3n) is 2.51. The van der Waals surface area contributed by atoms with Gasteiger partial charge in [0.25, 0.3) is 0 Å². The topological polar surface area (TPSA) is 108 Å². The zero-order chi connectivity index (χ0) is 15.9. The molecule has 21 heavy (non-hydrogen) atoms. The number of anilines is 1. The van der Waals surface area contributed by atoms with Crippen LogP contribution < -0.4 is 15.8 Å². The van der Waals surface area contributed by atoms with Crippen molar-refractivity contribution in [1.29, 1.82) is 0 Å². The summed E-state index contributed by atoms with van der Waals surface area (Å²) >= 11 is 0. The summed E-state index contributed by atoms with van der Waals surface area (Å²) in [6.07, 6.45) is 1.14. The highest BCUT2D eigenvalue weighted by Gasteiger charge is 2.13. The summed E-state index contributed by atoms with van der Waals surface area (Å²) in [6, 6.07) is 5.88. The van der Waals surface area contributed by atoms with Gasteiger partial charge in [-0.05, 0) is 12.1 Å². The van der Waals surface area contributed by atoms with Crippen LogP contribution in [-0.2, 0) is 19.4 Å². The number of ether oxygens (including phenoxy) is 2. The van der Waals surface area contributed by atoms with E-state index in [4.69, 9.17) is 15.2 Å². The molecule has 0 saturated carbocycles. The van der Waals surface area contributed by atoms with Gasteiger partial charge in [0.05, 0.1) is 12.4 Å². The number of sulfone groups is 1. The molecular formula is C13H20N2O5S. The van der Waals surface area contributed by atoms with Crippen LogP contribution in [0.1, 0.15) is 0 Å². The molecule has 0 fully saturated rings. The molecule has 1 aromatic rings. The third kappa shape index (κ3) is 7.07. The van der Waals surface area contributed by atoms with E-state index in [1.165, 1.54) is 7.11 Å². The van der Waals surface area contributed by atoms with E-state index < -0.39 is 15.9 Å². The highest BCUT2D eigenvalue weighted by molar-refractivity contribution is 7.90. The number of hydrogen-bond donors (Lipinski definition) is 2. The van der Waals surface area contributed by atoms with Gasteiger partial charge in [-0.3, -0.25) is 4.79 Å². The van der Waals surface area contributed by atoms with Gasteiger partial charge < -0.3 is 20.5 Å². The quantitative estimate of drug-likeness (QED) is 0.700. The van der Waals surface area contributed by atoms with Crippen LogP contribution in [0.15, 0.2) is 24.3 Å². The van der Waals surface area contributed by atoms with Crippen molar-refractivity contribution < 1.29 is 22.7 Å². The van der Waals surface area contributed by atoms with Crippen molar-refractivity contribution in [3.8, 4) is 5.75 Å². The van der Waals surface area contributed by atoms with Crippen LogP contribution in [0, 0.1) is 0 Å². The molecule has 3 N–H and O–H groups in total. The fourth-order valence-corrected chi connectivity index (χ4v) is 1.85. The Bertz CT molecular complexity index is 574. The van der Waals surface area contributed by atoms with E-state index in [1.807, 2.05) is 0 Å². The van der Waals surface area contributed by atoms with Gasteiger partial charge in [0.15, 0.2) is 9.84 Å². The van der Waals surface area contributed by atoms with E-state index in [0.717, 1.165) is 6.26 Å². The third-order valence-corrected chi connectivity index (χ3v) is 3.42. The second-order valence-corrected chi connectivity index (χ2v) is 6.82. The van der Waals surface area contributed by atoms with Gasteiger partial charge in [-0.2, -0.15) is 0 Å². The lowest BCUT2D eigenvalue weighted by atomic mass is 10.2. The molecule has 0 bridgehead atoms. The van der Waals surface area contributed by atoms with Crippen LogP contribution >= 0.6 is 0 Å². The summed E-state index contributed by atoms with van der Waals surface area (Å²) in [5.41, 5.74) is 6.12. The van der Waals surface area contributed by atoms with Gasteiger partial charge >= 0.3 is 0 Å². The average molecular weight is 316 g/mol. The Kier molecular flexibility index (Phi) is 6.60. The van der Waals surface area contributed by atoms with Crippen molar-refractivity contribution in [2.75, 3.05) is 37.6 Å².